The molecule has 0 atom stereocenters. The number of nitrogens with one attached hydrogen (secondary N) is 1. The van der Waals surface area contributed by atoms with Crippen molar-refractivity contribution in [1.29, 1.82) is 0 Å². The van der Waals surface area contributed by atoms with Gasteiger partial charge in [0, 0.05) is 12.6 Å². The summed E-state index contributed by atoms with van der Waals surface area (Å²) in [6, 6.07) is 1.90. The average molecular weight is 249 g/mol. The Hall–Kier alpha value is -1.32. The van der Waals surface area contributed by atoms with Gasteiger partial charge in [0.2, 0.25) is 5.88 Å². The lowest BCUT2D eigenvalue weighted by Crippen LogP contribution is -2.10. The number of hydrogen-bond donors (Lipinski definition) is 1. The fourth-order valence-corrected chi connectivity index (χ4v) is 2.34. The predicted octanol–water partition coefficient (Wildman–Crippen LogP) is 3.18. The van der Waals surface area contributed by atoms with E-state index in [-0.39, 0.29) is 0 Å². The van der Waals surface area contributed by atoms with Crippen molar-refractivity contribution < 1.29 is 4.74 Å². The zero-order chi connectivity index (χ0) is 12.8. The second kappa shape index (κ2) is 6.57. The predicted molar refractivity (Wildman–Crippen MR) is 73.0 cm³/mol. The van der Waals surface area contributed by atoms with Crippen LogP contribution < -0.4 is 10.1 Å². The molecule has 1 saturated carbocycles. The van der Waals surface area contributed by atoms with Crippen molar-refractivity contribution in [2.75, 3.05) is 18.5 Å². The summed E-state index contributed by atoms with van der Waals surface area (Å²) in [7, 11) is 0. The smallest absolute Gasteiger partial charge is 0.218 e. The molecule has 0 aliphatic heterocycles. The molecule has 18 heavy (non-hydrogen) atoms. The van der Waals surface area contributed by atoms with Gasteiger partial charge in [0.1, 0.15) is 11.6 Å². The monoisotopic (exact) mass is 249 g/mol. The molecule has 0 unspecified atom stereocenters. The van der Waals surface area contributed by atoms with Crippen molar-refractivity contribution in [3.8, 4) is 5.88 Å². The Morgan fingerprint density at radius 3 is 2.83 bits per heavy atom. The van der Waals surface area contributed by atoms with E-state index in [1.165, 1.54) is 25.7 Å². The first-order chi connectivity index (χ1) is 8.78. The van der Waals surface area contributed by atoms with Crippen molar-refractivity contribution in [2.45, 2.75) is 46.0 Å². The molecule has 0 bridgehead atoms. The van der Waals surface area contributed by atoms with Crippen molar-refractivity contribution >= 4 is 5.82 Å². The molecule has 1 N–H and O–H groups in total. The number of nitrogens with zero attached hydrogens (tertiary/aromatic N) is 2. The summed E-state index contributed by atoms with van der Waals surface area (Å²) in [4.78, 5) is 8.68. The number of aryl methyl sites for hydroxylation is 1. The first kappa shape index (κ1) is 13.1. The minimum absolute atomic E-state index is 0.702. The van der Waals surface area contributed by atoms with Crippen molar-refractivity contribution in [3.63, 3.8) is 0 Å². The molecule has 0 aromatic carbocycles. The molecule has 1 fully saturated rings. The van der Waals surface area contributed by atoms with Crippen molar-refractivity contribution in [2.24, 2.45) is 5.92 Å². The maximum absolute atomic E-state index is 5.80. The van der Waals surface area contributed by atoms with E-state index >= 15 is 0 Å². The highest BCUT2D eigenvalue weighted by atomic mass is 16.5. The Morgan fingerprint density at radius 1 is 1.33 bits per heavy atom. The maximum atomic E-state index is 5.80. The highest BCUT2D eigenvalue weighted by molar-refractivity contribution is 5.38. The lowest BCUT2D eigenvalue weighted by atomic mass is 10.1. The highest BCUT2D eigenvalue weighted by Crippen LogP contribution is 2.25. The minimum Gasteiger partial charge on any atom is -0.477 e. The van der Waals surface area contributed by atoms with Crippen molar-refractivity contribution in [3.05, 3.63) is 11.9 Å². The Balaban J connectivity index is 1.91. The van der Waals surface area contributed by atoms with Crippen LogP contribution in [0.2, 0.25) is 0 Å². The SMILES string of the molecule is CCCNc1cc(OCC2CCCC2)nc(C)n1. The number of aromatic nitrogens is 2. The number of ether oxygens (including phenoxy) is 1. The summed E-state index contributed by atoms with van der Waals surface area (Å²) in [5.74, 6) is 3.05. The van der Waals surface area contributed by atoms with Gasteiger partial charge in [0.25, 0.3) is 0 Å². The van der Waals surface area contributed by atoms with Crippen LogP contribution in [0.4, 0.5) is 5.82 Å². The van der Waals surface area contributed by atoms with Gasteiger partial charge in [-0.15, -0.1) is 0 Å². The summed E-state index contributed by atoms with van der Waals surface area (Å²) < 4.78 is 5.80. The number of rotatable bonds is 6. The normalized spacial score (nSPS) is 15.9. The molecule has 1 aromatic rings. The first-order valence-electron chi connectivity index (χ1n) is 7.00. The van der Waals surface area contributed by atoms with Crippen LogP contribution in [0.1, 0.15) is 44.9 Å². The summed E-state index contributed by atoms with van der Waals surface area (Å²) in [6.45, 7) is 5.76. The summed E-state index contributed by atoms with van der Waals surface area (Å²) in [5, 5.41) is 3.27. The molecule has 1 aliphatic rings. The summed E-state index contributed by atoms with van der Waals surface area (Å²) in [5.41, 5.74) is 0. The lowest BCUT2D eigenvalue weighted by molar-refractivity contribution is 0.243. The van der Waals surface area contributed by atoms with E-state index in [1.54, 1.807) is 0 Å². The van der Waals surface area contributed by atoms with Gasteiger partial charge in [-0.05, 0) is 32.1 Å². The van der Waals surface area contributed by atoms with E-state index < -0.39 is 0 Å². The fraction of sp³-hybridized carbons (Fsp3) is 0.714. The standard InChI is InChI=1S/C14H23N3O/c1-3-8-15-13-9-14(17-11(2)16-13)18-10-12-6-4-5-7-12/h9,12H,3-8,10H2,1-2H3,(H,15,16,17). The third kappa shape index (κ3) is 3.86. The second-order valence-corrected chi connectivity index (χ2v) is 5.03. The molecule has 100 valence electrons. The molecule has 4 heteroatoms. The van der Waals surface area contributed by atoms with Gasteiger partial charge < -0.3 is 10.1 Å². The van der Waals surface area contributed by atoms with E-state index in [1.807, 2.05) is 13.0 Å². The Bertz CT molecular complexity index is 375. The van der Waals surface area contributed by atoms with Crippen LogP contribution in [0.25, 0.3) is 0 Å². The van der Waals surface area contributed by atoms with Crippen LogP contribution in [0.3, 0.4) is 0 Å². The van der Waals surface area contributed by atoms with E-state index in [4.69, 9.17) is 4.74 Å². The van der Waals surface area contributed by atoms with Crippen LogP contribution in [-0.2, 0) is 0 Å². The topological polar surface area (TPSA) is 47.0 Å². The van der Waals surface area contributed by atoms with Crippen LogP contribution in [-0.4, -0.2) is 23.1 Å². The molecule has 1 heterocycles. The third-order valence-corrected chi connectivity index (χ3v) is 3.31. The maximum Gasteiger partial charge on any atom is 0.218 e. The minimum atomic E-state index is 0.702. The molecule has 1 aromatic heterocycles. The van der Waals surface area contributed by atoms with Crippen LogP contribution >= 0.6 is 0 Å². The summed E-state index contributed by atoms with van der Waals surface area (Å²) >= 11 is 0. The van der Waals surface area contributed by atoms with Gasteiger partial charge in [-0.3, -0.25) is 0 Å². The van der Waals surface area contributed by atoms with Gasteiger partial charge in [0.05, 0.1) is 6.61 Å². The zero-order valence-electron chi connectivity index (χ0n) is 11.4. The van der Waals surface area contributed by atoms with Gasteiger partial charge in [0.15, 0.2) is 0 Å². The third-order valence-electron chi connectivity index (χ3n) is 3.31. The fourth-order valence-electron chi connectivity index (χ4n) is 2.34. The largest absolute Gasteiger partial charge is 0.477 e. The Morgan fingerprint density at radius 2 is 2.11 bits per heavy atom. The lowest BCUT2D eigenvalue weighted by Gasteiger charge is -2.12. The van der Waals surface area contributed by atoms with E-state index in [0.717, 1.165) is 31.2 Å². The second-order valence-electron chi connectivity index (χ2n) is 5.03. The highest BCUT2D eigenvalue weighted by Gasteiger charge is 2.16. The quantitative estimate of drug-likeness (QED) is 0.841. The molecule has 2 rings (SSSR count). The molecule has 1 aliphatic carbocycles. The van der Waals surface area contributed by atoms with Crippen LogP contribution in [0, 0.1) is 12.8 Å². The molecular formula is C14H23N3O. The van der Waals surface area contributed by atoms with E-state index in [9.17, 15) is 0 Å². The Labute approximate surface area is 109 Å². The average Bonchev–Trinajstić information content (AvgIpc) is 2.86. The molecular weight excluding hydrogens is 226 g/mol. The van der Waals surface area contributed by atoms with Gasteiger partial charge in [-0.25, -0.2) is 4.98 Å². The van der Waals surface area contributed by atoms with Gasteiger partial charge in [-0.2, -0.15) is 4.98 Å². The molecule has 0 saturated heterocycles. The first-order valence-corrected chi connectivity index (χ1v) is 7.00. The zero-order valence-corrected chi connectivity index (χ0v) is 11.4. The van der Waals surface area contributed by atoms with E-state index in [0.29, 0.717) is 11.8 Å². The number of anilines is 1. The van der Waals surface area contributed by atoms with Crippen LogP contribution in [0.5, 0.6) is 5.88 Å². The van der Waals surface area contributed by atoms with Gasteiger partial charge >= 0.3 is 0 Å². The van der Waals surface area contributed by atoms with E-state index in [2.05, 4.69) is 22.2 Å². The molecule has 0 radical (unpaired) electrons. The van der Waals surface area contributed by atoms with Crippen molar-refractivity contribution in [1.82, 2.24) is 9.97 Å². The van der Waals surface area contributed by atoms with Crippen LogP contribution in [0.15, 0.2) is 6.07 Å². The Kier molecular flexibility index (Phi) is 4.79. The number of hydrogen-bond acceptors (Lipinski definition) is 4. The van der Waals surface area contributed by atoms with Gasteiger partial charge in [-0.1, -0.05) is 19.8 Å². The molecule has 0 amide bonds. The molecule has 0 spiro atoms. The summed E-state index contributed by atoms with van der Waals surface area (Å²) in [6.07, 6.45) is 6.37. The molecule has 4 nitrogen and oxygen atoms in total.